The van der Waals surface area contributed by atoms with E-state index in [1.165, 1.54) is 12.3 Å². The first-order valence-electron chi connectivity index (χ1n) is 10.2. The van der Waals surface area contributed by atoms with Crippen LogP contribution in [0.15, 0.2) is 71.7 Å². The van der Waals surface area contributed by atoms with E-state index in [9.17, 15) is 19.8 Å². The van der Waals surface area contributed by atoms with Gasteiger partial charge in [-0.3, -0.25) is 4.79 Å². The summed E-state index contributed by atoms with van der Waals surface area (Å²) in [5.41, 5.74) is 4.18. The van der Waals surface area contributed by atoms with E-state index in [-0.39, 0.29) is 31.1 Å². The Labute approximate surface area is 179 Å². The third-order valence-electron chi connectivity index (χ3n) is 5.58. The number of aliphatic hydroxyl groups is 2. The largest absolute Gasteiger partial charge is 0.449 e. The maximum atomic E-state index is 12.2. The molecule has 0 fully saturated rings. The molecule has 7 nitrogen and oxygen atoms in total. The summed E-state index contributed by atoms with van der Waals surface area (Å²) in [6.07, 6.45) is -1.61. The van der Waals surface area contributed by atoms with Crippen molar-refractivity contribution >= 4 is 6.09 Å². The molecule has 7 heteroatoms. The number of aromatic nitrogens is 1. The minimum absolute atomic E-state index is 0.0321. The molecule has 1 aliphatic carbocycles. The van der Waals surface area contributed by atoms with E-state index in [1.807, 2.05) is 36.4 Å². The average molecular weight is 420 g/mol. The number of H-pyrrole nitrogens is 1. The van der Waals surface area contributed by atoms with Crippen LogP contribution < -0.4 is 10.9 Å². The van der Waals surface area contributed by atoms with E-state index in [2.05, 4.69) is 22.4 Å². The number of pyridine rings is 1. The van der Waals surface area contributed by atoms with Crippen molar-refractivity contribution in [1.82, 2.24) is 10.3 Å². The zero-order chi connectivity index (χ0) is 21.8. The lowest BCUT2D eigenvalue weighted by Gasteiger charge is -2.18. The van der Waals surface area contributed by atoms with Gasteiger partial charge >= 0.3 is 6.09 Å². The highest BCUT2D eigenvalue weighted by molar-refractivity contribution is 5.79. The number of aliphatic hydroxyl groups excluding tert-OH is 2. The molecule has 1 aliphatic rings. The van der Waals surface area contributed by atoms with Crippen molar-refractivity contribution in [3.8, 4) is 11.1 Å². The number of fused-ring (bicyclic) bond motifs is 3. The fourth-order valence-corrected chi connectivity index (χ4v) is 4.00. The van der Waals surface area contributed by atoms with Gasteiger partial charge in [0.1, 0.15) is 12.7 Å². The van der Waals surface area contributed by atoms with Crippen LogP contribution in [0.2, 0.25) is 0 Å². The Balaban J connectivity index is 1.29. The zero-order valence-electron chi connectivity index (χ0n) is 16.8. The molecule has 0 radical (unpaired) electrons. The molecule has 2 aromatic carbocycles. The Hall–Kier alpha value is -3.42. The fraction of sp³-hybridized carbons (Fsp3) is 0.250. The maximum absolute atomic E-state index is 12.2. The van der Waals surface area contributed by atoms with E-state index in [0.717, 1.165) is 22.3 Å². The van der Waals surface area contributed by atoms with E-state index in [0.29, 0.717) is 0 Å². The lowest BCUT2D eigenvalue weighted by molar-refractivity contribution is 0.0128. The quantitative estimate of drug-likeness (QED) is 0.470. The van der Waals surface area contributed by atoms with Crippen LogP contribution in [0.25, 0.3) is 11.1 Å². The second kappa shape index (κ2) is 9.16. The van der Waals surface area contributed by atoms with Crippen LogP contribution in [-0.2, 0) is 4.74 Å². The van der Waals surface area contributed by atoms with Gasteiger partial charge in [0.15, 0.2) is 0 Å². The number of aromatic amines is 1. The van der Waals surface area contributed by atoms with E-state index in [4.69, 9.17) is 4.74 Å². The van der Waals surface area contributed by atoms with Gasteiger partial charge in [-0.15, -0.1) is 0 Å². The number of alkyl carbamates (subject to hydrolysis) is 1. The number of hydrogen-bond donors (Lipinski definition) is 4. The Morgan fingerprint density at radius 2 is 1.65 bits per heavy atom. The van der Waals surface area contributed by atoms with Crippen LogP contribution in [0.5, 0.6) is 0 Å². The van der Waals surface area contributed by atoms with Crippen molar-refractivity contribution in [3.05, 3.63) is 93.9 Å². The smallest absolute Gasteiger partial charge is 0.407 e. The summed E-state index contributed by atoms with van der Waals surface area (Å²) >= 11 is 0. The normalized spacial score (nSPS) is 14.4. The van der Waals surface area contributed by atoms with Gasteiger partial charge in [-0.2, -0.15) is 0 Å². The summed E-state index contributed by atoms with van der Waals surface area (Å²) < 4.78 is 5.44. The molecule has 160 valence electrons. The zero-order valence-corrected chi connectivity index (χ0v) is 16.8. The topological polar surface area (TPSA) is 112 Å². The highest BCUT2D eigenvalue weighted by Crippen LogP contribution is 2.44. The third-order valence-corrected chi connectivity index (χ3v) is 5.58. The molecule has 4 rings (SSSR count). The second-order valence-corrected chi connectivity index (χ2v) is 7.51. The summed E-state index contributed by atoms with van der Waals surface area (Å²) in [4.78, 5) is 26.3. The van der Waals surface area contributed by atoms with Crippen LogP contribution in [0.1, 0.15) is 35.1 Å². The van der Waals surface area contributed by atoms with Gasteiger partial charge in [0.2, 0.25) is 0 Å². The first kappa shape index (κ1) is 20.8. The Bertz CT molecular complexity index is 1080. The van der Waals surface area contributed by atoms with Gasteiger partial charge in [-0.05, 0) is 40.8 Å². The van der Waals surface area contributed by atoms with E-state index in [1.54, 1.807) is 6.07 Å². The predicted octanol–water partition coefficient (Wildman–Crippen LogP) is 2.70. The lowest BCUT2D eigenvalue weighted by atomic mass is 9.98. The minimum Gasteiger partial charge on any atom is -0.449 e. The molecular weight excluding hydrogens is 396 g/mol. The number of hydrogen-bond acceptors (Lipinski definition) is 5. The molecule has 31 heavy (non-hydrogen) atoms. The molecule has 0 aliphatic heterocycles. The molecule has 2 atom stereocenters. The van der Waals surface area contributed by atoms with Crippen molar-refractivity contribution in [2.75, 3.05) is 13.2 Å². The summed E-state index contributed by atoms with van der Waals surface area (Å²) in [7, 11) is 0. The van der Waals surface area contributed by atoms with Gasteiger partial charge in [0.25, 0.3) is 5.56 Å². The molecule has 0 saturated heterocycles. The summed E-state index contributed by atoms with van der Waals surface area (Å²) in [6.45, 7) is 0.296. The predicted molar refractivity (Wildman–Crippen MR) is 116 cm³/mol. The number of carbonyl (C=O) groups excluding carboxylic acids is 1. The number of nitrogens with one attached hydrogen (secondary N) is 2. The number of rotatable bonds is 7. The van der Waals surface area contributed by atoms with Gasteiger partial charge in [-0.1, -0.05) is 48.5 Å². The van der Waals surface area contributed by atoms with Gasteiger partial charge in [0.05, 0.1) is 6.10 Å². The molecule has 3 aromatic rings. The second-order valence-electron chi connectivity index (χ2n) is 7.51. The summed E-state index contributed by atoms with van der Waals surface area (Å²) in [5, 5.41) is 22.9. The molecular formula is C24H24N2O5. The molecule has 1 heterocycles. The molecule has 0 bridgehead atoms. The SMILES string of the molecule is O=C(NCCC(O)C(O)c1ccc[nH]c1=O)OCC1c2ccccc2-c2ccccc21. The number of amides is 1. The van der Waals surface area contributed by atoms with Crippen LogP contribution in [0.4, 0.5) is 4.79 Å². The van der Waals surface area contributed by atoms with E-state index >= 15 is 0 Å². The van der Waals surface area contributed by atoms with Crippen LogP contribution in [0.3, 0.4) is 0 Å². The third kappa shape index (κ3) is 4.38. The van der Waals surface area contributed by atoms with Crippen LogP contribution in [-0.4, -0.2) is 40.5 Å². The van der Waals surface area contributed by atoms with Crippen molar-refractivity contribution in [2.24, 2.45) is 0 Å². The number of ether oxygens (including phenoxy) is 1. The summed E-state index contributed by atoms with van der Waals surface area (Å²) in [5.74, 6) is -0.0321. The Morgan fingerprint density at radius 3 is 2.29 bits per heavy atom. The molecule has 1 aromatic heterocycles. The molecule has 1 amide bonds. The molecule has 2 unspecified atom stereocenters. The van der Waals surface area contributed by atoms with Gasteiger partial charge < -0.3 is 25.3 Å². The fourth-order valence-electron chi connectivity index (χ4n) is 4.00. The molecule has 4 N–H and O–H groups in total. The first-order chi connectivity index (χ1) is 15.1. The van der Waals surface area contributed by atoms with Crippen molar-refractivity contribution in [1.29, 1.82) is 0 Å². The lowest BCUT2D eigenvalue weighted by Crippen LogP contribution is -2.32. The van der Waals surface area contributed by atoms with Crippen LogP contribution in [0, 0.1) is 0 Å². The monoisotopic (exact) mass is 420 g/mol. The maximum Gasteiger partial charge on any atom is 0.407 e. The van der Waals surface area contributed by atoms with E-state index < -0.39 is 23.9 Å². The minimum atomic E-state index is -1.34. The Morgan fingerprint density at radius 1 is 1.00 bits per heavy atom. The van der Waals surface area contributed by atoms with Crippen molar-refractivity contribution in [2.45, 2.75) is 24.5 Å². The average Bonchev–Trinajstić information content (AvgIpc) is 3.11. The van der Waals surface area contributed by atoms with Gasteiger partial charge in [0, 0.05) is 24.2 Å². The van der Waals surface area contributed by atoms with Gasteiger partial charge in [-0.25, -0.2) is 4.79 Å². The van der Waals surface area contributed by atoms with Crippen LogP contribution >= 0.6 is 0 Å². The van der Waals surface area contributed by atoms with Crippen molar-refractivity contribution in [3.63, 3.8) is 0 Å². The highest BCUT2D eigenvalue weighted by Gasteiger charge is 2.29. The molecule has 0 spiro atoms. The molecule has 0 saturated carbocycles. The Kier molecular flexibility index (Phi) is 6.16. The number of benzene rings is 2. The number of carbonyl (C=O) groups is 1. The van der Waals surface area contributed by atoms with Crippen molar-refractivity contribution < 1.29 is 19.7 Å². The standard InChI is InChI=1S/C24H24N2O5/c27-21(22(28)19-10-5-12-25-23(19)29)11-13-26-24(30)31-14-20-17-8-3-1-6-15(17)16-7-2-4-9-18(16)20/h1-10,12,20-22,27-28H,11,13-14H2,(H,25,29)(H,26,30). The first-order valence-corrected chi connectivity index (χ1v) is 10.2. The highest BCUT2D eigenvalue weighted by atomic mass is 16.5. The summed E-state index contributed by atoms with van der Waals surface area (Å²) in [6, 6.07) is 19.2.